The molecule has 0 atom stereocenters. The fraction of sp³-hybridized carbons (Fsp3) is 0.300. The number of halogens is 3. The number of ether oxygens (including phenoxy) is 1. The quantitative estimate of drug-likeness (QED) is 0.503. The molecule has 160 valence electrons. The summed E-state index contributed by atoms with van der Waals surface area (Å²) in [7, 11) is 0. The van der Waals surface area contributed by atoms with Gasteiger partial charge >= 0.3 is 6.18 Å². The first-order valence-electron chi connectivity index (χ1n) is 9.27. The van der Waals surface area contributed by atoms with Crippen LogP contribution in [-0.2, 0) is 17.6 Å². The van der Waals surface area contributed by atoms with E-state index in [1.807, 2.05) is 36.2 Å². The molecule has 1 heterocycles. The van der Waals surface area contributed by atoms with Gasteiger partial charge in [0.05, 0.1) is 11.3 Å². The van der Waals surface area contributed by atoms with Gasteiger partial charge in [0.25, 0.3) is 0 Å². The summed E-state index contributed by atoms with van der Waals surface area (Å²) in [5.74, 6) is 1.43. The Balaban J connectivity index is 1.50. The summed E-state index contributed by atoms with van der Waals surface area (Å²) >= 11 is 0. The van der Waals surface area contributed by atoms with Crippen LogP contribution < -0.4 is 15.8 Å². The summed E-state index contributed by atoms with van der Waals surface area (Å²) in [6, 6.07) is 12.1. The standard InChI is InChI=1S/C20H22F3N5O2/c1-3-28-19(24-26-27-28)13-29-18-10-6-16(7-11-18)14(2)25-30-12-15-4-8-17(9-5-15)20(21,22)23/h4-11,26-27H,3,12-13H2,1-2H3. The number of oxime groups is 1. The van der Waals surface area contributed by atoms with Gasteiger partial charge < -0.3 is 9.57 Å². The van der Waals surface area contributed by atoms with E-state index in [1.54, 1.807) is 6.92 Å². The summed E-state index contributed by atoms with van der Waals surface area (Å²) < 4.78 is 43.5. The fourth-order valence-electron chi connectivity index (χ4n) is 2.63. The Labute approximate surface area is 172 Å². The minimum absolute atomic E-state index is 0.0782. The third-order valence-corrected chi connectivity index (χ3v) is 4.35. The highest BCUT2D eigenvalue weighted by atomic mass is 19.4. The Hall–Kier alpha value is -3.27. The van der Waals surface area contributed by atoms with Gasteiger partial charge in [0.15, 0.2) is 5.84 Å². The molecule has 30 heavy (non-hydrogen) atoms. The lowest BCUT2D eigenvalue weighted by Crippen LogP contribution is -2.42. The van der Waals surface area contributed by atoms with E-state index in [2.05, 4.69) is 21.3 Å². The number of hydrazine groups is 2. The van der Waals surface area contributed by atoms with Crippen LogP contribution >= 0.6 is 0 Å². The van der Waals surface area contributed by atoms with Crippen LogP contribution in [0.5, 0.6) is 5.75 Å². The van der Waals surface area contributed by atoms with E-state index in [0.29, 0.717) is 23.6 Å². The molecule has 10 heteroatoms. The summed E-state index contributed by atoms with van der Waals surface area (Å²) in [5, 5.41) is 9.95. The maximum absolute atomic E-state index is 12.6. The highest BCUT2D eigenvalue weighted by molar-refractivity contribution is 5.98. The predicted molar refractivity (Wildman–Crippen MR) is 106 cm³/mol. The fourth-order valence-corrected chi connectivity index (χ4v) is 2.63. The molecule has 0 unspecified atom stereocenters. The third-order valence-electron chi connectivity index (χ3n) is 4.35. The van der Waals surface area contributed by atoms with Crippen molar-refractivity contribution in [3.05, 3.63) is 65.2 Å². The van der Waals surface area contributed by atoms with Gasteiger partial charge in [-0.05, 0) is 61.4 Å². The molecule has 0 saturated heterocycles. The van der Waals surface area contributed by atoms with E-state index in [0.717, 1.165) is 30.1 Å². The molecule has 0 bridgehead atoms. The van der Waals surface area contributed by atoms with E-state index in [4.69, 9.17) is 9.57 Å². The van der Waals surface area contributed by atoms with Crippen molar-refractivity contribution in [3.63, 3.8) is 0 Å². The van der Waals surface area contributed by atoms with Gasteiger partial charge in [-0.15, -0.1) is 10.6 Å². The lowest BCUT2D eigenvalue weighted by molar-refractivity contribution is -0.137. The minimum atomic E-state index is -4.35. The molecule has 0 saturated carbocycles. The van der Waals surface area contributed by atoms with Crippen LogP contribution in [0.3, 0.4) is 0 Å². The van der Waals surface area contributed by atoms with Crippen LogP contribution in [0.25, 0.3) is 0 Å². The van der Waals surface area contributed by atoms with Crippen molar-refractivity contribution in [2.75, 3.05) is 13.2 Å². The third kappa shape index (κ3) is 5.63. The van der Waals surface area contributed by atoms with E-state index in [9.17, 15) is 13.2 Å². The largest absolute Gasteiger partial charge is 0.486 e. The second-order valence-corrected chi connectivity index (χ2v) is 6.45. The minimum Gasteiger partial charge on any atom is -0.486 e. The van der Waals surface area contributed by atoms with Crippen molar-refractivity contribution in [1.82, 2.24) is 16.1 Å². The average molecular weight is 421 g/mol. The molecule has 7 nitrogen and oxygen atoms in total. The maximum atomic E-state index is 12.6. The summed E-state index contributed by atoms with van der Waals surface area (Å²) in [6.45, 7) is 4.92. The highest BCUT2D eigenvalue weighted by Crippen LogP contribution is 2.29. The summed E-state index contributed by atoms with van der Waals surface area (Å²) in [4.78, 5) is 5.27. The van der Waals surface area contributed by atoms with Gasteiger partial charge in [-0.2, -0.15) is 13.2 Å². The molecule has 2 aromatic carbocycles. The molecule has 0 spiro atoms. The second kappa shape index (κ2) is 9.49. The zero-order chi connectivity index (χ0) is 21.6. The van der Waals surface area contributed by atoms with Crippen LogP contribution in [0.4, 0.5) is 13.2 Å². The zero-order valence-corrected chi connectivity index (χ0v) is 16.5. The number of likely N-dealkylation sites (N-methyl/N-ethyl adjacent to an activating group) is 1. The van der Waals surface area contributed by atoms with Crippen molar-refractivity contribution in [3.8, 4) is 5.75 Å². The Morgan fingerprint density at radius 2 is 1.77 bits per heavy atom. The Morgan fingerprint density at radius 3 is 2.40 bits per heavy atom. The van der Waals surface area contributed by atoms with Crippen molar-refractivity contribution in [2.24, 2.45) is 10.3 Å². The topological polar surface area (TPSA) is 70.5 Å². The number of hydrogen-bond acceptors (Lipinski definition) is 7. The first-order valence-corrected chi connectivity index (χ1v) is 9.27. The van der Waals surface area contributed by atoms with Crippen molar-refractivity contribution >= 4 is 11.5 Å². The molecule has 0 radical (unpaired) electrons. The van der Waals surface area contributed by atoms with E-state index < -0.39 is 11.7 Å². The van der Waals surface area contributed by atoms with Gasteiger partial charge in [0, 0.05) is 6.54 Å². The second-order valence-electron chi connectivity index (χ2n) is 6.45. The molecule has 0 aromatic heterocycles. The Bertz CT molecular complexity index is 896. The number of nitrogens with zero attached hydrogens (tertiary/aromatic N) is 3. The number of hydrogen-bond donors (Lipinski definition) is 2. The first kappa shape index (κ1) is 21.4. The monoisotopic (exact) mass is 421 g/mol. The van der Waals surface area contributed by atoms with Crippen LogP contribution in [0.1, 0.15) is 30.5 Å². The lowest BCUT2D eigenvalue weighted by Gasteiger charge is -2.16. The highest BCUT2D eigenvalue weighted by Gasteiger charge is 2.29. The van der Waals surface area contributed by atoms with Crippen LogP contribution in [-0.4, -0.2) is 29.7 Å². The number of amidine groups is 1. The molecule has 0 aliphatic carbocycles. The molecule has 2 N–H and O–H groups in total. The number of alkyl halides is 3. The molecule has 1 aliphatic rings. The summed E-state index contributed by atoms with van der Waals surface area (Å²) in [5.41, 5.74) is 6.94. The molecular weight excluding hydrogens is 399 g/mol. The molecule has 0 amide bonds. The lowest BCUT2D eigenvalue weighted by atomic mass is 10.1. The van der Waals surface area contributed by atoms with E-state index in [1.165, 1.54) is 12.1 Å². The van der Waals surface area contributed by atoms with Crippen LogP contribution in [0.15, 0.2) is 58.8 Å². The zero-order valence-electron chi connectivity index (χ0n) is 16.5. The SMILES string of the molecule is CCN1NNN=C1COc1ccc(C(C)=NOCc2ccc(C(F)(F)F)cc2)cc1. The molecule has 1 aliphatic heterocycles. The number of nitrogens with one attached hydrogen (secondary N) is 2. The molecular formula is C20H22F3N5O2. The van der Waals surface area contributed by atoms with Crippen molar-refractivity contribution < 1.29 is 22.7 Å². The van der Waals surface area contributed by atoms with E-state index >= 15 is 0 Å². The number of rotatable bonds is 8. The Kier molecular flexibility index (Phi) is 6.78. The normalized spacial score (nSPS) is 14.4. The maximum Gasteiger partial charge on any atom is 0.416 e. The van der Waals surface area contributed by atoms with Gasteiger partial charge in [-0.1, -0.05) is 17.3 Å². The molecule has 0 fully saturated rings. The van der Waals surface area contributed by atoms with Crippen LogP contribution in [0.2, 0.25) is 0 Å². The Morgan fingerprint density at radius 1 is 1.07 bits per heavy atom. The van der Waals surface area contributed by atoms with Gasteiger partial charge in [0.1, 0.15) is 19.0 Å². The predicted octanol–water partition coefficient (Wildman–Crippen LogP) is 3.68. The van der Waals surface area contributed by atoms with Gasteiger partial charge in [-0.25, -0.2) is 5.53 Å². The average Bonchev–Trinajstić information content (AvgIpc) is 3.20. The van der Waals surface area contributed by atoms with E-state index in [-0.39, 0.29) is 6.61 Å². The van der Waals surface area contributed by atoms with Gasteiger partial charge in [-0.3, -0.25) is 5.01 Å². The van der Waals surface area contributed by atoms with Crippen molar-refractivity contribution in [2.45, 2.75) is 26.6 Å². The number of hydrazone groups is 1. The van der Waals surface area contributed by atoms with Crippen molar-refractivity contribution in [1.29, 1.82) is 0 Å². The summed E-state index contributed by atoms with van der Waals surface area (Å²) in [6.07, 6.45) is -4.35. The smallest absolute Gasteiger partial charge is 0.416 e. The van der Waals surface area contributed by atoms with Crippen LogP contribution in [0, 0.1) is 0 Å². The first-order chi connectivity index (χ1) is 14.4. The van der Waals surface area contributed by atoms with Gasteiger partial charge in [0.2, 0.25) is 0 Å². The molecule has 2 aromatic rings. The number of benzene rings is 2. The molecule has 3 rings (SSSR count).